The Morgan fingerprint density at radius 3 is 2.49 bits per heavy atom. The summed E-state index contributed by atoms with van der Waals surface area (Å²) in [6.07, 6.45) is 0.802. The molecule has 17 rings (SSSR count). The standard InChI is InChI=1S/C55H42N4O8/c1-3-64-53-49(66-53)54-19-18-36(67-54)59-33-15-13-24(21-29(33)37-30-22-56-50(60)41(30)38-25-8-4-5-9-26(25)45(54)44(38)47(37)59)23-12-14-31-28(20-23)39-42-43(52(63-2)57-51(42)61)40-27-10-6-7-11-32(27)58-35-17-16-34(65-35)55(31,62)46(39)48(40)58/h4-15,20-21,34-36,45,49,52-53,62H,3,16-19,22H2,1-2H3,(H,56,60)(H,57,61). The molecule has 67 heavy (non-hydrogen) atoms. The number of amides is 2. The number of aromatic nitrogens is 2. The van der Waals surface area contributed by atoms with Crippen molar-refractivity contribution >= 4 is 55.4 Å². The second kappa shape index (κ2) is 11.8. The number of hydrogen-bond donors (Lipinski definition) is 3. The summed E-state index contributed by atoms with van der Waals surface area (Å²) in [4.78, 5) is 28.6. The summed E-state index contributed by atoms with van der Waals surface area (Å²) < 4.78 is 37.5. The Hall–Kier alpha value is -6.38. The number of nitrogens with zero attached hydrogens (tertiary/aromatic N) is 2. The zero-order valence-corrected chi connectivity index (χ0v) is 36.6. The van der Waals surface area contributed by atoms with E-state index in [1.54, 1.807) is 7.11 Å². The Bertz CT molecular complexity index is 3760. The van der Waals surface area contributed by atoms with Crippen LogP contribution in [0.25, 0.3) is 77.0 Å². The van der Waals surface area contributed by atoms with Crippen molar-refractivity contribution in [2.24, 2.45) is 0 Å². The first-order chi connectivity index (χ1) is 32.8. The molecule has 3 fully saturated rings. The van der Waals surface area contributed by atoms with Gasteiger partial charge < -0.3 is 48.6 Å². The predicted octanol–water partition coefficient (Wildman–Crippen LogP) is 9.04. The summed E-state index contributed by atoms with van der Waals surface area (Å²) in [5.74, 6) is -0.428. The van der Waals surface area contributed by atoms with Crippen molar-refractivity contribution in [2.45, 2.75) is 93.5 Å². The fourth-order valence-corrected chi connectivity index (χ4v) is 15.0. The largest absolute Gasteiger partial charge is 0.378 e. The summed E-state index contributed by atoms with van der Waals surface area (Å²) >= 11 is 0. The lowest BCUT2D eigenvalue weighted by atomic mass is 9.75. The minimum Gasteiger partial charge on any atom is -0.378 e. The van der Waals surface area contributed by atoms with Crippen molar-refractivity contribution in [1.82, 2.24) is 19.8 Å². The smallest absolute Gasteiger partial charge is 0.254 e. The van der Waals surface area contributed by atoms with Crippen molar-refractivity contribution in [3.63, 3.8) is 0 Å². The highest BCUT2D eigenvalue weighted by Gasteiger charge is 2.67. The second-order valence-electron chi connectivity index (χ2n) is 20.0. The molecule has 3 N–H and O–H groups in total. The van der Waals surface area contributed by atoms with Crippen LogP contribution in [-0.2, 0) is 35.8 Å². The molecule has 6 aromatic carbocycles. The number of hydrogen-bond acceptors (Lipinski definition) is 8. The molecule has 0 spiro atoms. The van der Waals surface area contributed by atoms with Crippen LogP contribution in [-0.4, -0.2) is 63.9 Å². The molecule has 7 aliphatic heterocycles. The van der Waals surface area contributed by atoms with E-state index in [1.165, 1.54) is 5.56 Å². The summed E-state index contributed by atoms with van der Waals surface area (Å²) in [5, 5.41) is 23.9. The zero-order valence-electron chi connectivity index (χ0n) is 36.6. The van der Waals surface area contributed by atoms with Gasteiger partial charge in [-0.25, -0.2) is 0 Å². The van der Waals surface area contributed by atoms with Gasteiger partial charge in [0.05, 0.1) is 39.3 Å². The van der Waals surface area contributed by atoms with Gasteiger partial charge in [-0.15, -0.1) is 0 Å². The van der Waals surface area contributed by atoms with Gasteiger partial charge in [0, 0.05) is 70.0 Å². The first-order valence-corrected chi connectivity index (χ1v) is 23.8. The van der Waals surface area contributed by atoms with Gasteiger partial charge in [-0.3, -0.25) is 9.59 Å². The Morgan fingerprint density at radius 1 is 0.776 bits per heavy atom. The Morgan fingerprint density at radius 2 is 1.60 bits per heavy atom. The highest BCUT2D eigenvalue weighted by Crippen LogP contribution is 2.67. The number of benzene rings is 6. The molecule has 12 nitrogen and oxygen atoms in total. The number of carbonyl (C=O) groups excluding carboxylic acids is 2. The molecule has 9 atom stereocenters. The van der Waals surface area contributed by atoms with Gasteiger partial charge in [-0.1, -0.05) is 60.7 Å². The van der Waals surface area contributed by atoms with Crippen molar-refractivity contribution in [3.8, 4) is 33.4 Å². The maximum Gasteiger partial charge on any atom is 0.254 e. The molecule has 2 aliphatic carbocycles. The lowest BCUT2D eigenvalue weighted by Crippen LogP contribution is -2.42. The van der Waals surface area contributed by atoms with Gasteiger partial charge >= 0.3 is 0 Å². The molecule has 4 bridgehead atoms. The average molecular weight is 887 g/mol. The molecule has 8 aromatic rings. The first-order valence-electron chi connectivity index (χ1n) is 23.8. The molecule has 3 saturated heterocycles. The number of methoxy groups -OCH3 is 1. The Balaban J connectivity index is 0.928. The fourth-order valence-electron chi connectivity index (χ4n) is 15.0. The Labute approximate surface area is 382 Å². The predicted molar refractivity (Wildman–Crippen MR) is 248 cm³/mol. The van der Waals surface area contributed by atoms with E-state index in [1.807, 2.05) is 19.1 Å². The van der Waals surface area contributed by atoms with Gasteiger partial charge in [0.1, 0.15) is 29.8 Å². The second-order valence-corrected chi connectivity index (χ2v) is 20.0. The highest BCUT2D eigenvalue weighted by molar-refractivity contribution is 6.23. The number of carbonyl (C=O) groups is 2. The van der Waals surface area contributed by atoms with E-state index in [9.17, 15) is 14.7 Å². The number of fused-ring (bicyclic) bond motifs is 26. The zero-order chi connectivity index (χ0) is 44.1. The SMILES string of the molecule is CCOC1OC1C12CCC(O1)n1c3ccc(-c4ccc5c(c4)-c4c6c(c7c8ccccc8n8c7c4C5(O)C4CCC8O4)C(OC)NC6=O)cc3c3c4c(c5c(c31)C2c1ccccc1-5)C(=O)NC4. The molecule has 2 amide bonds. The number of aliphatic hydroxyl groups is 1. The molecule has 330 valence electrons. The van der Waals surface area contributed by atoms with E-state index in [2.05, 4.69) is 92.6 Å². The average Bonchev–Trinajstić information content (AvgIpc) is 4.06. The molecule has 9 heterocycles. The molecule has 9 aliphatic rings. The maximum absolute atomic E-state index is 14.4. The molecule has 12 heteroatoms. The Kier molecular flexibility index (Phi) is 6.48. The van der Waals surface area contributed by atoms with Crippen LogP contribution in [0.2, 0.25) is 0 Å². The number of para-hydroxylation sites is 1. The van der Waals surface area contributed by atoms with Crippen LogP contribution in [0, 0.1) is 0 Å². The van der Waals surface area contributed by atoms with Crippen molar-refractivity contribution in [1.29, 1.82) is 0 Å². The number of ether oxygens (including phenoxy) is 5. The van der Waals surface area contributed by atoms with Crippen LogP contribution >= 0.6 is 0 Å². The van der Waals surface area contributed by atoms with Crippen molar-refractivity contribution in [2.75, 3.05) is 13.7 Å². The van der Waals surface area contributed by atoms with Gasteiger partial charge in [0.15, 0.2) is 12.5 Å². The molecule has 0 radical (unpaired) electrons. The van der Waals surface area contributed by atoms with E-state index >= 15 is 0 Å². The molecule has 2 aromatic heterocycles. The third-order valence-electron chi connectivity index (χ3n) is 17.4. The lowest BCUT2D eigenvalue weighted by Gasteiger charge is -2.34. The van der Waals surface area contributed by atoms with E-state index in [0.717, 1.165) is 130 Å². The fraction of sp³-hybridized carbons (Fsp3) is 0.309. The third kappa shape index (κ3) is 3.96. The topological polar surface area (TPSA) is 138 Å². The third-order valence-corrected chi connectivity index (χ3v) is 17.4. The van der Waals surface area contributed by atoms with Crippen LogP contribution < -0.4 is 10.6 Å². The lowest BCUT2D eigenvalue weighted by molar-refractivity contribution is -0.0920. The normalized spacial score (nSPS) is 30.3. The highest BCUT2D eigenvalue weighted by atomic mass is 16.8. The van der Waals surface area contributed by atoms with E-state index < -0.39 is 23.5 Å². The summed E-state index contributed by atoms with van der Waals surface area (Å²) in [6, 6.07) is 29.8. The van der Waals surface area contributed by atoms with E-state index in [4.69, 9.17) is 23.7 Å². The number of nitrogens with one attached hydrogen (secondary N) is 2. The summed E-state index contributed by atoms with van der Waals surface area (Å²) in [7, 11) is 1.63. The maximum atomic E-state index is 14.4. The van der Waals surface area contributed by atoms with Gasteiger partial charge in [0.25, 0.3) is 11.8 Å². The first kappa shape index (κ1) is 36.7. The van der Waals surface area contributed by atoms with Gasteiger partial charge in [-0.05, 0) is 101 Å². The van der Waals surface area contributed by atoms with Crippen LogP contribution in [0.3, 0.4) is 0 Å². The van der Waals surface area contributed by atoms with Gasteiger partial charge in [0.2, 0.25) is 0 Å². The quantitative estimate of drug-likeness (QED) is 0.146. The van der Waals surface area contributed by atoms with Crippen LogP contribution in [0.1, 0.15) is 111 Å². The van der Waals surface area contributed by atoms with Crippen LogP contribution in [0.5, 0.6) is 0 Å². The monoisotopic (exact) mass is 886 g/mol. The van der Waals surface area contributed by atoms with Crippen LogP contribution in [0.4, 0.5) is 0 Å². The van der Waals surface area contributed by atoms with Crippen molar-refractivity contribution < 1.29 is 38.4 Å². The minimum atomic E-state index is -1.50. The van der Waals surface area contributed by atoms with Gasteiger partial charge in [-0.2, -0.15) is 0 Å². The molecule has 0 saturated carbocycles. The summed E-state index contributed by atoms with van der Waals surface area (Å²) in [6.45, 7) is 2.98. The number of rotatable bonds is 5. The van der Waals surface area contributed by atoms with Crippen LogP contribution in [0.15, 0.2) is 84.9 Å². The number of epoxide rings is 1. The van der Waals surface area contributed by atoms with E-state index in [-0.39, 0.29) is 42.6 Å². The minimum absolute atomic E-state index is 0.0502. The van der Waals surface area contributed by atoms with E-state index in [0.29, 0.717) is 25.1 Å². The van der Waals surface area contributed by atoms with Crippen molar-refractivity contribution in [3.05, 3.63) is 129 Å². The molecular formula is C55H42N4O8. The molecule has 9 unspecified atom stereocenters. The summed E-state index contributed by atoms with van der Waals surface area (Å²) in [5.41, 5.74) is 14.5. The molecular weight excluding hydrogens is 845 g/mol.